The summed E-state index contributed by atoms with van der Waals surface area (Å²) in [4.78, 5) is 40.6. The predicted molar refractivity (Wildman–Crippen MR) is 109 cm³/mol. The molecular weight excluding hydrogens is 406 g/mol. The van der Waals surface area contributed by atoms with E-state index < -0.39 is 24.5 Å². The second-order valence-corrected chi connectivity index (χ2v) is 7.35. The van der Waals surface area contributed by atoms with Gasteiger partial charge in [0.05, 0.1) is 23.8 Å². The molecule has 9 heteroatoms. The zero-order valence-electron chi connectivity index (χ0n) is 16.4. The number of pyridine rings is 1. The van der Waals surface area contributed by atoms with Gasteiger partial charge < -0.3 is 14.8 Å². The summed E-state index contributed by atoms with van der Waals surface area (Å²) in [7, 11) is 1.28. The van der Waals surface area contributed by atoms with E-state index in [2.05, 4.69) is 15.0 Å². The number of nitrogens with zero attached hydrogens (tertiary/aromatic N) is 2. The number of hydrogen-bond donors (Lipinski definition) is 1. The van der Waals surface area contributed by atoms with Crippen molar-refractivity contribution in [1.82, 2.24) is 4.98 Å². The number of thioether (sulfide) groups is 1. The number of rotatable bonds is 7. The molecule has 3 rings (SSSR count). The van der Waals surface area contributed by atoms with Gasteiger partial charge in [0.2, 0.25) is 0 Å². The second kappa shape index (κ2) is 9.41. The normalized spacial score (nSPS) is 12.6. The Kier molecular flexibility index (Phi) is 6.69. The van der Waals surface area contributed by atoms with Gasteiger partial charge in [-0.25, -0.2) is 14.6 Å². The minimum absolute atomic E-state index is 0.119. The van der Waals surface area contributed by atoms with Crippen molar-refractivity contribution in [1.29, 1.82) is 5.26 Å². The number of nitrogens with one attached hydrogen (secondary N) is 1. The molecule has 1 heterocycles. The highest BCUT2D eigenvalue weighted by Gasteiger charge is 2.29. The summed E-state index contributed by atoms with van der Waals surface area (Å²) in [5.41, 5.74) is 1.82. The van der Waals surface area contributed by atoms with E-state index in [1.807, 2.05) is 6.07 Å². The molecule has 1 aromatic heterocycles. The molecule has 0 bridgehead atoms. The molecule has 8 nitrogen and oxygen atoms in total. The number of aromatic nitrogens is 1. The number of carbonyl (C=O) groups is 3. The number of anilines is 1. The Hall–Kier alpha value is -3.38. The maximum Gasteiger partial charge on any atom is 0.340 e. The molecule has 0 aliphatic heterocycles. The van der Waals surface area contributed by atoms with Crippen LogP contribution in [0.15, 0.2) is 35.4 Å². The summed E-state index contributed by atoms with van der Waals surface area (Å²) < 4.78 is 9.74. The van der Waals surface area contributed by atoms with Gasteiger partial charge in [0.25, 0.3) is 5.91 Å². The minimum atomic E-state index is -0.748. The van der Waals surface area contributed by atoms with Crippen molar-refractivity contribution in [2.45, 2.75) is 23.8 Å². The zero-order valence-corrected chi connectivity index (χ0v) is 17.2. The van der Waals surface area contributed by atoms with Gasteiger partial charge in [-0.3, -0.25) is 4.79 Å². The van der Waals surface area contributed by atoms with Crippen LogP contribution in [0, 0.1) is 11.3 Å². The Labute approximate surface area is 177 Å². The van der Waals surface area contributed by atoms with Crippen LogP contribution in [0.1, 0.15) is 50.7 Å². The molecule has 1 aliphatic carbocycles. The number of amides is 1. The van der Waals surface area contributed by atoms with Gasteiger partial charge in [-0.2, -0.15) is 5.26 Å². The van der Waals surface area contributed by atoms with Crippen molar-refractivity contribution >= 4 is 35.3 Å². The number of carbonyl (C=O) groups excluding carboxylic acids is 3. The van der Waals surface area contributed by atoms with Crippen LogP contribution in [-0.2, 0) is 14.3 Å². The van der Waals surface area contributed by atoms with Crippen molar-refractivity contribution < 1.29 is 23.9 Å². The lowest BCUT2D eigenvalue weighted by molar-refractivity contribution is -0.119. The molecule has 0 radical (unpaired) electrons. The third-order valence-electron chi connectivity index (χ3n) is 4.45. The van der Waals surface area contributed by atoms with Gasteiger partial charge in [-0.1, -0.05) is 0 Å². The molecule has 1 aliphatic rings. The third-order valence-corrected chi connectivity index (χ3v) is 5.13. The number of ether oxygens (including phenoxy) is 2. The Bertz CT molecular complexity index is 1030. The van der Waals surface area contributed by atoms with E-state index in [-0.39, 0.29) is 11.1 Å². The van der Waals surface area contributed by atoms with E-state index in [9.17, 15) is 19.6 Å². The quantitative estimate of drug-likeness (QED) is 0.531. The lowest BCUT2D eigenvalue weighted by Crippen LogP contribution is -2.21. The molecule has 1 amide bonds. The highest BCUT2D eigenvalue weighted by molar-refractivity contribution is 7.98. The molecule has 0 unspecified atom stereocenters. The molecular formula is C21H19N3O5S. The maximum absolute atomic E-state index is 12.6. The van der Waals surface area contributed by atoms with E-state index in [1.54, 1.807) is 12.3 Å². The molecule has 0 atom stereocenters. The fourth-order valence-electron chi connectivity index (χ4n) is 2.76. The summed E-state index contributed by atoms with van der Waals surface area (Å²) in [6, 6.07) is 9.68. The fraction of sp³-hybridized carbons (Fsp3) is 0.286. The highest BCUT2D eigenvalue weighted by atomic mass is 32.2. The molecule has 0 saturated heterocycles. The van der Waals surface area contributed by atoms with Gasteiger partial charge in [0.1, 0.15) is 11.1 Å². The number of methoxy groups -OCH3 is 1. The van der Waals surface area contributed by atoms with Gasteiger partial charge >= 0.3 is 11.9 Å². The lowest BCUT2D eigenvalue weighted by atomic mass is 10.1. The van der Waals surface area contributed by atoms with Crippen LogP contribution in [0.5, 0.6) is 0 Å². The Morgan fingerprint density at radius 2 is 1.93 bits per heavy atom. The van der Waals surface area contributed by atoms with Gasteiger partial charge in [0.15, 0.2) is 6.61 Å². The first kappa shape index (κ1) is 21.3. The first-order valence-corrected chi connectivity index (χ1v) is 10.3. The van der Waals surface area contributed by atoms with E-state index in [0.29, 0.717) is 22.2 Å². The zero-order chi connectivity index (χ0) is 21.7. The Balaban J connectivity index is 1.65. The summed E-state index contributed by atoms with van der Waals surface area (Å²) in [6.07, 6.45) is 3.78. The highest BCUT2D eigenvalue weighted by Crippen LogP contribution is 2.40. The molecule has 1 saturated carbocycles. The average Bonchev–Trinajstić information content (AvgIpc) is 3.62. The van der Waals surface area contributed by atoms with Crippen LogP contribution < -0.4 is 5.32 Å². The van der Waals surface area contributed by atoms with Crippen molar-refractivity contribution in [2.75, 3.05) is 25.3 Å². The molecule has 1 N–H and O–H groups in total. The van der Waals surface area contributed by atoms with Crippen LogP contribution in [0.25, 0.3) is 0 Å². The summed E-state index contributed by atoms with van der Waals surface area (Å²) in [5.74, 6) is -1.48. The van der Waals surface area contributed by atoms with Crippen LogP contribution >= 0.6 is 11.8 Å². The van der Waals surface area contributed by atoms with E-state index in [0.717, 1.165) is 18.5 Å². The monoisotopic (exact) mass is 425 g/mol. The summed E-state index contributed by atoms with van der Waals surface area (Å²) >= 11 is 1.29. The molecule has 30 heavy (non-hydrogen) atoms. The van der Waals surface area contributed by atoms with E-state index in [4.69, 9.17) is 4.74 Å². The molecule has 154 valence electrons. The number of nitriles is 1. The molecule has 2 aromatic rings. The van der Waals surface area contributed by atoms with Gasteiger partial charge in [-0.15, -0.1) is 11.8 Å². The number of benzene rings is 1. The second-order valence-electron chi connectivity index (χ2n) is 6.56. The van der Waals surface area contributed by atoms with E-state index in [1.165, 1.54) is 43.1 Å². The largest absolute Gasteiger partial charge is 0.465 e. The minimum Gasteiger partial charge on any atom is -0.465 e. The summed E-state index contributed by atoms with van der Waals surface area (Å²) in [5, 5.41) is 12.5. The van der Waals surface area contributed by atoms with Gasteiger partial charge in [0, 0.05) is 17.3 Å². The number of esters is 2. The average molecular weight is 425 g/mol. The Morgan fingerprint density at radius 3 is 2.50 bits per heavy atom. The van der Waals surface area contributed by atoms with Crippen molar-refractivity contribution in [3.05, 3.63) is 52.7 Å². The first-order chi connectivity index (χ1) is 14.5. The topological polar surface area (TPSA) is 118 Å². The third kappa shape index (κ3) is 4.96. The standard InChI is InChI=1S/C21H19N3O5S/c1-28-20(26)13-5-7-14(8-6-13)23-18(25)11-29-21(27)15-9-17(12-3-4-12)24-19(30-2)16(15)10-22/h5-9,12H,3-4,11H2,1-2H3,(H,23,25). The van der Waals surface area contributed by atoms with Crippen LogP contribution in [0.3, 0.4) is 0 Å². The number of hydrogen-bond acceptors (Lipinski definition) is 8. The molecule has 1 aromatic carbocycles. The fourth-order valence-corrected chi connectivity index (χ4v) is 3.32. The molecule has 1 fully saturated rings. The van der Waals surface area contributed by atoms with Crippen molar-refractivity contribution in [3.8, 4) is 6.07 Å². The summed E-state index contributed by atoms with van der Waals surface area (Å²) in [6.45, 7) is -0.516. The maximum atomic E-state index is 12.6. The Morgan fingerprint density at radius 1 is 1.23 bits per heavy atom. The van der Waals surface area contributed by atoms with Crippen LogP contribution in [0.4, 0.5) is 5.69 Å². The van der Waals surface area contributed by atoms with Crippen LogP contribution in [0.2, 0.25) is 0 Å². The first-order valence-electron chi connectivity index (χ1n) is 9.11. The lowest BCUT2D eigenvalue weighted by Gasteiger charge is -2.11. The van der Waals surface area contributed by atoms with Crippen LogP contribution in [-0.4, -0.2) is 42.8 Å². The smallest absolute Gasteiger partial charge is 0.340 e. The predicted octanol–water partition coefficient (Wildman–Crippen LogP) is 3.13. The molecule has 0 spiro atoms. The van der Waals surface area contributed by atoms with Crippen molar-refractivity contribution in [2.24, 2.45) is 0 Å². The van der Waals surface area contributed by atoms with Crippen molar-refractivity contribution in [3.63, 3.8) is 0 Å². The van der Waals surface area contributed by atoms with E-state index >= 15 is 0 Å². The van der Waals surface area contributed by atoms with Gasteiger partial charge in [-0.05, 0) is 49.4 Å². The SMILES string of the molecule is COC(=O)c1ccc(NC(=O)COC(=O)c2cc(C3CC3)nc(SC)c2C#N)cc1.